The Morgan fingerprint density at radius 2 is 2.15 bits per heavy atom. The van der Waals surface area contributed by atoms with Gasteiger partial charge < -0.3 is 10.5 Å². The van der Waals surface area contributed by atoms with Gasteiger partial charge in [0, 0.05) is 31.0 Å². The number of hydrogen-bond donors (Lipinski definition) is 1. The number of nitrogen functional groups attached to an aromatic ring is 1. The van der Waals surface area contributed by atoms with Gasteiger partial charge in [-0.2, -0.15) is 0 Å². The minimum Gasteiger partial charge on any atom is -0.398 e. The molecule has 0 fully saturated rings. The van der Waals surface area contributed by atoms with Crippen LogP contribution in [0.2, 0.25) is 0 Å². The number of anilines is 1. The molecule has 1 aromatic heterocycles. The van der Waals surface area contributed by atoms with E-state index >= 15 is 0 Å². The second kappa shape index (κ2) is 7.00. The van der Waals surface area contributed by atoms with Crippen LogP contribution in [0.1, 0.15) is 25.3 Å². The van der Waals surface area contributed by atoms with Crippen LogP contribution in [0.25, 0.3) is 11.4 Å². The minimum atomic E-state index is 0.725. The van der Waals surface area contributed by atoms with Crippen molar-refractivity contribution in [3.8, 4) is 11.4 Å². The van der Waals surface area contributed by atoms with E-state index in [0.29, 0.717) is 0 Å². The van der Waals surface area contributed by atoms with E-state index < -0.39 is 0 Å². The summed E-state index contributed by atoms with van der Waals surface area (Å²) in [6.45, 7) is 6.34. The summed E-state index contributed by atoms with van der Waals surface area (Å²) in [5, 5.41) is 11.8. The van der Waals surface area contributed by atoms with E-state index in [1.807, 2.05) is 25.1 Å². The lowest BCUT2D eigenvalue weighted by atomic mass is 10.1. The zero-order valence-corrected chi connectivity index (χ0v) is 12.0. The Labute approximate surface area is 118 Å². The highest BCUT2D eigenvalue weighted by atomic mass is 16.5. The van der Waals surface area contributed by atoms with Crippen molar-refractivity contribution in [2.45, 2.75) is 33.2 Å². The number of aryl methyl sites for hydroxylation is 2. The third-order valence-corrected chi connectivity index (χ3v) is 3.08. The molecule has 0 aliphatic carbocycles. The van der Waals surface area contributed by atoms with Crippen LogP contribution >= 0.6 is 0 Å². The lowest BCUT2D eigenvalue weighted by Crippen LogP contribution is -2.07. The van der Waals surface area contributed by atoms with E-state index in [0.717, 1.165) is 55.2 Å². The van der Waals surface area contributed by atoms with Crippen molar-refractivity contribution >= 4 is 5.69 Å². The van der Waals surface area contributed by atoms with Crippen LogP contribution in [0.3, 0.4) is 0 Å². The van der Waals surface area contributed by atoms with Gasteiger partial charge in [-0.3, -0.25) is 0 Å². The van der Waals surface area contributed by atoms with Crippen LogP contribution in [0.4, 0.5) is 5.69 Å². The van der Waals surface area contributed by atoms with Crippen molar-refractivity contribution in [3.63, 3.8) is 0 Å². The standard InChI is InChI=1S/C14H21N5O/c1-3-8-20-9-4-7-19-14(16-17-18-19)12-6-5-11(2)13(15)10-12/h5-6,10H,3-4,7-9,15H2,1-2H3. The topological polar surface area (TPSA) is 78.8 Å². The number of rotatable bonds is 7. The van der Waals surface area contributed by atoms with E-state index in [9.17, 15) is 0 Å². The Kier molecular flexibility index (Phi) is 5.06. The molecule has 0 unspecified atom stereocenters. The Morgan fingerprint density at radius 3 is 2.90 bits per heavy atom. The Hall–Kier alpha value is -1.95. The molecule has 0 bridgehead atoms. The van der Waals surface area contributed by atoms with Gasteiger partial charge >= 0.3 is 0 Å². The quantitative estimate of drug-likeness (QED) is 0.618. The van der Waals surface area contributed by atoms with Crippen molar-refractivity contribution in [1.82, 2.24) is 20.2 Å². The molecule has 2 aromatic rings. The summed E-state index contributed by atoms with van der Waals surface area (Å²) in [5.74, 6) is 0.743. The smallest absolute Gasteiger partial charge is 0.182 e. The average Bonchev–Trinajstić information content (AvgIpc) is 2.90. The van der Waals surface area contributed by atoms with Gasteiger partial charge in [0.2, 0.25) is 0 Å². The van der Waals surface area contributed by atoms with Crippen molar-refractivity contribution in [1.29, 1.82) is 0 Å². The SMILES string of the molecule is CCCOCCCn1nnnc1-c1ccc(C)c(N)c1. The molecule has 1 heterocycles. The second-order valence-corrected chi connectivity index (χ2v) is 4.76. The van der Waals surface area contributed by atoms with Crippen LogP contribution in [-0.2, 0) is 11.3 Å². The maximum atomic E-state index is 5.93. The number of benzene rings is 1. The van der Waals surface area contributed by atoms with Crippen molar-refractivity contribution in [3.05, 3.63) is 23.8 Å². The first-order valence-electron chi connectivity index (χ1n) is 6.92. The molecule has 0 atom stereocenters. The van der Waals surface area contributed by atoms with Gasteiger partial charge in [-0.25, -0.2) is 4.68 Å². The maximum absolute atomic E-state index is 5.93. The molecular weight excluding hydrogens is 254 g/mol. The molecule has 20 heavy (non-hydrogen) atoms. The molecule has 108 valence electrons. The summed E-state index contributed by atoms with van der Waals surface area (Å²) < 4.78 is 7.25. The molecule has 0 saturated heterocycles. The van der Waals surface area contributed by atoms with Gasteiger partial charge in [-0.05, 0) is 41.8 Å². The van der Waals surface area contributed by atoms with Gasteiger partial charge in [0.1, 0.15) is 0 Å². The Balaban J connectivity index is 2.02. The van der Waals surface area contributed by atoms with E-state index in [1.54, 1.807) is 4.68 Å². The van der Waals surface area contributed by atoms with Crippen molar-refractivity contribution in [2.24, 2.45) is 0 Å². The summed E-state index contributed by atoms with van der Waals surface area (Å²) >= 11 is 0. The average molecular weight is 275 g/mol. The highest BCUT2D eigenvalue weighted by molar-refractivity contribution is 5.63. The molecule has 0 radical (unpaired) electrons. The summed E-state index contributed by atoms with van der Waals surface area (Å²) in [6, 6.07) is 5.88. The fraction of sp³-hybridized carbons (Fsp3) is 0.500. The molecule has 0 aliphatic heterocycles. The van der Waals surface area contributed by atoms with Crippen LogP contribution in [0, 0.1) is 6.92 Å². The van der Waals surface area contributed by atoms with E-state index in [1.165, 1.54) is 0 Å². The summed E-state index contributed by atoms with van der Waals surface area (Å²) in [7, 11) is 0. The maximum Gasteiger partial charge on any atom is 0.182 e. The van der Waals surface area contributed by atoms with Crippen LogP contribution in [0.5, 0.6) is 0 Å². The van der Waals surface area contributed by atoms with E-state index in [4.69, 9.17) is 10.5 Å². The molecule has 2 rings (SSSR count). The highest BCUT2D eigenvalue weighted by Gasteiger charge is 2.09. The molecule has 0 spiro atoms. The lowest BCUT2D eigenvalue weighted by molar-refractivity contribution is 0.128. The molecular formula is C14H21N5O. The first kappa shape index (κ1) is 14.5. The fourth-order valence-electron chi connectivity index (χ4n) is 1.90. The van der Waals surface area contributed by atoms with Crippen molar-refractivity contribution < 1.29 is 4.74 Å². The normalized spacial score (nSPS) is 10.9. The van der Waals surface area contributed by atoms with Gasteiger partial charge in [-0.1, -0.05) is 19.1 Å². The number of ether oxygens (including phenoxy) is 1. The predicted molar refractivity (Wildman–Crippen MR) is 78.1 cm³/mol. The highest BCUT2D eigenvalue weighted by Crippen LogP contribution is 2.21. The molecule has 6 heteroatoms. The molecule has 0 saturated carbocycles. The van der Waals surface area contributed by atoms with Gasteiger partial charge in [0.15, 0.2) is 5.82 Å². The first-order chi connectivity index (χ1) is 9.72. The summed E-state index contributed by atoms with van der Waals surface area (Å²) in [6.07, 6.45) is 1.93. The number of tetrazole rings is 1. The van der Waals surface area contributed by atoms with Crippen LogP contribution < -0.4 is 5.73 Å². The monoisotopic (exact) mass is 275 g/mol. The van der Waals surface area contributed by atoms with E-state index in [2.05, 4.69) is 22.4 Å². The predicted octanol–water partition coefficient (Wildman–Crippen LogP) is 2.05. The van der Waals surface area contributed by atoms with Crippen LogP contribution in [-0.4, -0.2) is 33.4 Å². The van der Waals surface area contributed by atoms with Gasteiger partial charge in [0.05, 0.1) is 0 Å². The van der Waals surface area contributed by atoms with E-state index in [-0.39, 0.29) is 0 Å². The zero-order valence-electron chi connectivity index (χ0n) is 12.0. The fourth-order valence-corrected chi connectivity index (χ4v) is 1.90. The van der Waals surface area contributed by atoms with Crippen LogP contribution in [0.15, 0.2) is 18.2 Å². The molecule has 2 N–H and O–H groups in total. The number of hydrogen-bond acceptors (Lipinski definition) is 5. The number of nitrogens with two attached hydrogens (primary N) is 1. The zero-order chi connectivity index (χ0) is 14.4. The number of nitrogens with zero attached hydrogens (tertiary/aromatic N) is 4. The summed E-state index contributed by atoms with van der Waals surface area (Å²) in [4.78, 5) is 0. The van der Waals surface area contributed by atoms with Crippen molar-refractivity contribution in [2.75, 3.05) is 18.9 Å². The Bertz CT molecular complexity index is 552. The molecule has 0 amide bonds. The third-order valence-electron chi connectivity index (χ3n) is 3.08. The first-order valence-corrected chi connectivity index (χ1v) is 6.92. The summed E-state index contributed by atoms with van der Waals surface area (Å²) in [5.41, 5.74) is 8.68. The molecule has 6 nitrogen and oxygen atoms in total. The van der Waals surface area contributed by atoms with Gasteiger partial charge in [0.25, 0.3) is 0 Å². The lowest BCUT2D eigenvalue weighted by Gasteiger charge is -2.07. The number of aromatic nitrogens is 4. The minimum absolute atomic E-state index is 0.725. The Morgan fingerprint density at radius 1 is 1.30 bits per heavy atom. The third kappa shape index (κ3) is 3.54. The molecule has 0 aliphatic rings. The second-order valence-electron chi connectivity index (χ2n) is 4.76. The largest absolute Gasteiger partial charge is 0.398 e. The molecule has 1 aromatic carbocycles. The van der Waals surface area contributed by atoms with Gasteiger partial charge in [-0.15, -0.1) is 5.10 Å².